The maximum absolute atomic E-state index is 8.57. The van der Waals surface area contributed by atoms with Gasteiger partial charge in [0.25, 0.3) is 0 Å². The molecule has 0 fully saturated rings. The van der Waals surface area contributed by atoms with E-state index in [2.05, 4.69) is 4.98 Å². The van der Waals surface area contributed by atoms with Gasteiger partial charge in [-0.2, -0.15) is 5.26 Å². The molecule has 2 rings (SSSR count). The number of oxazole rings is 1. The highest BCUT2D eigenvalue weighted by Gasteiger charge is 2.05. The molecule has 0 atom stereocenters. The predicted molar refractivity (Wildman–Crippen MR) is 51.4 cm³/mol. The van der Waals surface area contributed by atoms with Gasteiger partial charge in [-0.25, -0.2) is 4.98 Å². The van der Waals surface area contributed by atoms with Crippen molar-refractivity contribution in [3.63, 3.8) is 0 Å². The van der Waals surface area contributed by atoms with E-state index in [9.17, 15) is 0 Å². The Bertz CT molecular complexity index is 494. The van der Waals surface area contributed by atoms with Crippen LogP contribution in [-0.4, -0.2) is 4.98 Å². The average Bonchev–Trinajstić information content (AvgIpc) is 2.66. The van der Waals surface area contributed by atoms with Crippen LogP contribution in [0.1, 0.15) is 11.3 Å². The van der Waals surface area contributed by atoms with Gasteiger partial charge in [0.1, 0.15) is 6.07 Å². The number of hydrogen-bond acceptors (Lipinski definition) is 3. The lowest BCUT2D eigenvalue weighted by Gasteiger charge is -1.95. The minimum atomic E-state index is 0.238. The Labute approximate surface area is 81.6 Å². The Morgan fingerprint density at radius 1 is 1.43 bits per heavy atom. The number of rotatable bonds is 1. The van der Waals surface area contributed by atoms with Gasteiger partial charge in [0.15, 0.2) is 0 Å². The van der Waals surface area contributed by atoms with E-state index in [1.807, 2.05) is 37.3 Å². The third-order valence-electron chi connectivity index (χ3n) is 1.88. The third kappa shape index (κ3) is 1.50. The summed E-state index contributed by atoms with van der Waals surface area (Å²) in [6.45, 7) is 2.00. The second kappa shape index (κ2) is 3.35. The van der Waals surface area contributed by atoms with Crippen LogP contribution < -0.4 is 0 Å². The van der Waals surface area contributed by atoms with Crippen LogP contribution in [0.3, 0.4) is 0 Å². The highest BCUT2D eigenvalue weighted by atomic mass is 16.4. The fourth-order valence-electron chi connectivity index (χ4n) is 1.24. The highest BCUT2D eigenvalue weighted by molar-refractivity contribution is 5.54. The van der Waals surface area contributed by atoms with Crippen LogP contribution in [0, 0.1) is 18.3 Å². The first-order valence-corrected chi connectivity index (χ1v) is 4.22. The van der Waals surface area contributed by atoms with Gasteiger partial charge in [-0.3, -0.25) is 0 Å². The van der Waals surface area contributed by atoms with Crippen molar-refractivity contribution in [1.29, 1.82) is 5.26 Å². The maximum atomic E-state index is 8.57. The molecule has 68 valence electrons. The molecule has 1 aromatic carbocycles. The average molecular weight is 184 g/mol. The zero-order valence-corrected chi connectivity index (χ0v) is 7.69. The standard InChI is InChI=1S/C11H8N2O/c1-8-3-2-4-9(5-8)11-13-7-10(6-12)14-11/h2-5,7H,1H3. The molecule has 3 nitrogen and oxygen atoms in total. The lowest BCUT2D eigenvalue weighted by molar-refractivity contribution is 0.560. The van der Waals surface area contributed by atoms with Gasteiger partial charge < -0.3 is 4.42 Å². The summed E-state index contributed by atoms with van der Waals surface area (Å²) < 4.78 is 5.20. The molecule has 0 aliphatic heterocycles. The molecular weight excluding hydrogens is 176 g/mol. The zero-order valence-electron chi connectivity index (χ0n) is 7.69. The fraction of sp³-hybridized carbons (Fsp3) is 0.0909. The van der Waals surface area contributed by atoms with E-state index in [-0.39, 0.29) is 5.76 Å². The Hall–Kier alpha value is -2.08. The summed E-state index contributed by atoms with van der Waals surface area (Å²) in [5, 5.41) is 8.57. The van der Waals surface area contributed by atoms with Crippen molar-refractivity contribution in [2.24, 2.45) is 0 Å². The summed E-state index contributed by atoms with van der Waals surface area (Å²) in [5.41, 5.74) is 2.03. The molecule has 0 spiro atoms. The van der Waals surface area contributed by atoms with Gasteiger partial charge in [0.2, 0.25) is 11.7 Å². The first-order valence-electron chi connectivity index (χ1n) is 4.22. The lowest BCUT2D eigenvalue weighted by Crippen LogP contribution is -1.77. The van der Waals surface area contributed by atoms with Crippen molar-refractivity contribution in [3.8, 4) is 17.5 Å². The molecule has 0 amide bonds. The predicted octanol–water partition coefficient (Wildman–Crippen LogP) is 2.52. The molecule has 0 N–H and O–H groups in total. The Balaban J connectivity index is 2.45. The van der Waals surface area contributed by atoms with Crippen molar-refractivity contribution in [2.45, 2.75) is 6.92 Å². The van der Waals surface area contributed by atoms with E-state index in [0.717, 1.165) is 11.1 Å². The quantitative estimate of drug-likeness (QED) is 0.684. The first kappa shape index (κ1) is 8.52. The summed E-state index contributed by atoms with van der Waals surface area (Å²) in [7, 11) is 0. The summed E-state index contributed by atoms with van der Waals surface area (Å²) in [4.78, 5) is 4.01. The van der Waals surface area contributed by atoms with E-state index >= 15 is 0 Å². The van der Waals surface area contributed by atoms with Crippen molar-refractivity contribution in [3.05, 3.63) is 41.8 Å². The first-order chi connectivity index (χ1) is 6.79. The molecule has 3 heteroatoms. The fourth-order valence-corrected chi connectivity index (χ4v) is 1.24. The Morgan fingerprint density at radius 3 is 2.93 bits per heavy atom. The number of nitriles is 1. The molecule has 0 saturated heterocycles. The molecule has 0 saturated carbocycles. The minimum Gasteiger partial charge on any atom is -0.426 e. The van der Waals surface area contributed by atoms with E-state index < -0.39 is 0 Å². The lowest BCUT2D eigenvalue weighted by atomic mass is 10.1. The Kier molecular flexibility index (Phi) is 2.04. The van der Waals surface area contributed by atoms with Gasteiger partial charge in [0, 0.05) is 5.56 Å². The van der Waals surface area contributed by atoms with Crippen molar-refractivity contribution < 1.29 is 4.42 Å². The van der Waals surface area contributed by atoms with E-state index in [0.29, 0.717) is 5.89 Å². The van der Waals surface area contributed by atoms with Crippen molar-refractivity contribution >= 4 is 0 Å². The molecule has 0 radical (unpaired) electrons. The van der Waals surface area contributed by atoms with Crippen molar-refractivity contribution in [2.75, 3.05) is 0 Å². The van der Waals surface area contributed by atoms with Gasteiger partial charge in [-0.1, -0.05) is 17.7 Å². The molecule has 0 bridgehead atoms. The normalized spacial score (nSPS) is 9.71. The number of aryl methyl sites for hydroxylation is 1. The van der Waals surface area contributed by atoms with Gasteiger partial charge in [-0.05, 0) is 19.1 Å². The summed E-state index contributed by atoms with van der Waals surface area (Å²) in [6.07, 6.45) is 1.43. The smallest absolute Gasteiger partial charge is 0.227 e. The van der Waals surface area contributed by atoms with Gasteiger partial charge in [0.05, 0.1) is 6.20 Å². The molecule has 1 aromatic heterocycles. The molecule has 2 aromatic rings. The van der Waals surface area contributed by atoms with E-state index in [1.54, 1.807) is 0 Å². The molecule has 0 aliphatic carbocycles. The van der Waals surface area contributed by atoms with Crippen LogP contribution >= 0.6 is 0 Å². The van der Waals surface area contributed by atoms with Crippen LogP contribution in [0.5, 0.6) is 0 Å². The second-order valence-corrected chi connectivity index (χ2v) is 3.01. The molecule has 0 unspecified atom stereocenters. The van der Waals surface area contributed by atoms with Crippen LogP contribution in [0.4, 0.5) is 0 Å². The van der Waals surface area contributed by atoms with Gasteiger partial charge in [-0.15, -0.1) is 0 Å². The summed E-state index contributed by atoms with van der Waals surface area (Å²) in [6, 6.07) is 9.70. The van der Waals surface area contributed by atoms with Crippen LogP contribution in [-0.2, 0) is 0 Å². The monoisotopic (exact) mass is 184 g/mol. The van der Waals surface area contributed by atoms with E-state index in [1.165, 1.54) is 6.20 Å². The van der Waals surface area contributed by atoms with Crippen molar-refractivity contribution in [1.82, 2.24) is 4.98 Å². The minimum absolute atomic E-state index is 0.238. The van der Waals surface area contributed by atoms with Crippen LogP contribution in [0.15, 0.2) is 34.9 Å². The topological polar surface area (TPSA) is 49.8 Å². The number of nitrogens with zero attached hydrogens (tertiary/aromatic N) is 2. The largest absolute Gasteiger partial charge is 0.426 e. The van der Waals surface area contributed by atoms with Crippen LogP contribution in [0.25, 0.3) is 11.5 Å². The summed E-state index contributed by atoms with van der Waals surface area (Å²) in [5.74, 6) is 0.728. The number of hydrogen-bond donors (Lipinski definition) is 0. The van der Waals surface area contributed by atoms with Crippen LogP contribution in [0.2, 0.25) is 0 Å². The Morgan fingerprint density at radius 2 is 2.29 bits per heavy atom. The summed E-state index contributed by atoms with van der Waals surface area (Å²) >= 11 is 0. The molecule has 1 heterocycles. The van der Waals surface area contributed by atoms with E-state index in [4.69, 9.17) is 9.68 Å². The molecule has 0 aliphatic rings. The molecular formula is C11H8N2O. The third-order valence-corrected chi connectivity index (χ3v) is 1.88. The second-order valence-electron chi connectivity index (χ2n) is 3.01. The highest BCUT2D eigenvalue weighted by Crippen LogP contribution is 2.19. The van der Waals surface area contributed by atoms with Gasteiger partial charge >= 0.3 is 0 Å². The number of benzene rings is 1. The SMILES string of the molecule is Cc1cccc(-c2ncc(C#N)o2)c1. The number of aromatic nitrogens is 1. The maximum Gasteiger partial charge on any atom is 0.227 e. The zero-order chi connectivity index (χ0) is 9.97. The molecule has 14 heavy (non-hydrogen) atoms.